The molecule has 2 aromatic carbocycles. The number of aryl methyl sites for hydroxylation is 1. The predicted octanol–water partition coefficient (Wildman–Crippen LogP) is 3.82. The summed E-state index contributed by atoms with van der Waals surface area (Å²) in [6.45, 7) is 3.61. The molecule has 0 fully saturated rings. The minimum absolute atomic E-state index is 0.251. The highest BCUT2D eigenvalue weighted by Crippen LogP contribution is 2.26. The highest BCUT2D eigenvalue weighted by Gasteiger charge is 2.27. The van der Waals surface area contributed by atoms with Crippen molar-refractivity contribution in [1.29, 1.82) is 0 Å². The van der Waals surface area contributed by atoms with E-state index in [2.05, 4.69) is 16.4 Å². The van der Waals surface area contributed by atoms with Crippen LogP contribution in [-0.2, 0) is 20.0 Å². The molecule has 1 atom stereocenters. The molecule has 7 heteroatoms. The van der Waals surface area contributed by atoms with Gasteiger partial charge in [-0.05, 0) is 42.7 Å². The summed E-state index contributed by atoms with van der Waals surface area (Å²) in [7, 11) is 1.83. The molecular formula is C23H25FN4O2. The second kappa shape index (κ2) is 8.57. The molecule has 1 N–H and O–H groups in total. The third kappa shape index (κ3) is 4.01. The largest absolute Gasteiger partial charge is 0.494 e. The Morgan fingerprint density at radius 2 is 2.10 bits per heavy atom. The predicted molar refractivity (Wildman–Crippen MR) is 112 cm³/mol. The molecule has 2 amide bonds. The summed E-state index contributed by atoms with van der Waals surface area (Å²) in [6.07, 6.45) is 4.19. The molecule has 0 spiro atoms. The zero-order valence-corrected chi connectivity index (χ0v) is 17.1. The molecule has 1 aliphatic heterocycles. The van der Waals surface area contributed by atoms with Crippen LogP contribution in [0, 0.1) is 5.82 Å². The Morgan fingerprint density at radius 1 is 1.27 bits per heavy atom. The third-order valence-electron chi connectivity index (χ3n) is 5.39. The molecule has 1 aliphatic rings. The van der Waals surface area contributed by atoms with Crippen LogP contribution in [-0.4, -0.2) is 33.6 Å². The van der Waals surface area contributed by atoms with Gasteiger partial charge >= 0.3 is 6.03 Å². The molecule has 0 aliphatic carbocycles. The van der Waals surface area contributed by atoms with Crippen LogP contribution in [0.5, 0.6) is 5.75 Å². The Morgan fingerprint density at radius 3 is 2.83 bits per heavy atom. The number of nitrogens with one attached hydrogen (secondary N) is 1. The third-order valence-corrected chi connectivity index (χ3v) is 5.39. The van der Waals surface area contributed by atoms with E-state index in [9.17, 15) is 9.18 Å². The summed E-state index contributed by atoms with van der Waals surface area (Å²) in [5.41, 5.74) is 2.68. The maximum absolute atomic E-state index is 14.6. The number of amides is 2. The zero-order valence-electron chi connectivity index (χ0n) is 17.1. The van der Waals surface area contributed by atoms with Gasteiger partial charge in [0.05, 0.1) is 6.61 Å². The lowest BCUT2D eigenvalue weighted by Crippen LogP contribution is -2.44. The van der Waals surface area contributed by atoms with Gasteiger partial charge in [0.2, 0.25) is 0 Å². The van der Waals surface area contributed by atoms with Crippen molar-refractivity contribution >= 4 is 6.03 Å². The number of carbonyl (C=O) groups excluding carboxylic acids is 1. The van der Waals surface area contributed by atoms with Gasteiger partial charge in [-0.2, -0.15) is 0 Å². The lowest BCUT2D eigenvalue weighted by atomic mass is 9.99. The van der Waals surface area contributed by atoms with Gasteiger partial charge < -0.3 is 19.5 Å². The lowest BCUT2D eigenvalue weighted by Gasteiger charge is -2.31. The first-order valence-electron chi connectivity index (χ1n) is 10.1. The highest BCUT2D eigenvalue weighted by atomic mass is 19.1. The fourth-order valence-electron chi connectivity index (χ4n) is 3.82. The van der Waals surface area contributed by atoms with Gasteiger partial charge in [-0.1, -0.05) is 24.3 Å². The summed E-state index contributed by atoms with van der Waals surface area (Å²) >= 11 is 0. The van der Waals surface area contributed by atoms with E-state index in [0.717, 1.165) is 17.7 Å². The number of hydrogen-bond donors (Lipinski definition) is 1. The van der Waals surface area contributed by atoms with Crippen molar-refractivity contribution in [3.63, 3.8) is 0 Å². The molecular weight excluding hydrogens is 383 g/mol. The fourth-order valence-corrected chi connectivity index (χ4v) is 3.82. The second-order valence-electron chi connectivity index (χ2n) is 7.34. The van der Waals surface area contributed by atoms with Gasteiger partial charge in [-0.3, -0.25) is 0 Å². The van der Waals surface area contributed by atoms with Gasteiger partial charge in [0.25, 0.3) is 0 Å². The van der Waals surface area contributed by atoms with E-state index in [4.69, 9.17) is 4.74 Å². The monoisotopic (exact) mass is 408 g/mol. The van der Waals surface area contributed by atoms with Crippen molar-refractivity contribution in [2.24, 2.45) is 7.05 Å². The number of imidazole rings is 1. The summed E-state index contributed by atoms with van der Waals surface area (Å²) in [6, 6.07) is 11.5. The van der Waals surface area contributed by atoms with Crippen molar-refractivity contribution in [2.75, 3.05) is 13.2 Å². The van der Waals surface area contributed by atoms with Crippen LogP contribution in [0.15, 0.2) is 54.9 Å². The van der Waals surface area contributed by atoms with Gasteiger partial charge in [0.1, 0.15) is 23.4 Å². The van der Waals surface area contributed by atoms with Crippen LogP contribution >= 0.6 is 0 Å². The molecule has 156 valence electrons. The number of benzene rings is 2. The molecule has 0 radical (unpaired) electrons. The number of urea groups is 1. The van der Waals surface area contributed by atoms with E-state index in [1.807, 2.05) is 26.1 Å². The van der Waals surface area contributed by atoms with Crippen molar-refractivity contribution in [3.05, 3.63) is 83.2 Å². The minimum atomic E-state index is -0.685. The number of halogens is 1. The topological polar surface area (TPSA) is 59.4 Å². The molecule has 1 aromatic heterocycles. The number of ether oxygens (including phenoxy) is 1. The maximum Gasteiger partial charge on any atom is 0.318 e. The van der Waals surface area contributed by atoms with Gasteiger partial charge in [0, 0.05) is 38.1 Å². The molecule has 3 aromatic rings. The van der Waals surface area contributed by atoms with Crippen LogP contribution in [0.1, 0.15) is 35.5 Å². The number of aromatic nitrogens is 2. The van der Waals surface area contributed by atoms with Crippen LogP contribution in [0.25, 0.3) is 0 Å². The maximum atomic E-state index is 14.6. The minimum Gasteiger partial charge on any atom is -0.494 e. The normalized spacial score (nSPS) is 14.2. The first-order valence-corrected chi connectivity index (χ1v) is 10.1. The number of hydrogen-bond acceptors (Lipinski definition) is 3. The van der Waals surface area contributed by atoms with Crippen LogP contribution < -0.4 is 10.1 Å². The van der Waals surface area contributed by atoms with Crippen molar-refractivity contribution in [2.45, 2.75) is 25.9 Å². The van der Waals surface area contributed by atoms with E-state index in [-0.39, 0.29) is 11.8 Å². The Kier molecular flexibility index (Phi) is 5.70. The molecule has 0 saturated heterocycles. The quantitative estimate of drug-likeness (QED) is 0.698. The molecule has 30 heavy (non-hydrogen) atoms. The summed E-state index contributed by atoms with van der Waals surface area (Å²) in [4.78, 5) is 19.2. The van der Waals surface area contributed by atoms with E-state index in [0.29, 0.717) is 31.1 Å². The summed E-state index contributed by atoms with van der Waals surface area (Å²) in [5, 5.41) is 2.99. The van der Waals surface area contributed by atoms with Gasteiger partial charge in [-0.15, -0.1) is 0 Å². The first-order chi connectivity index (χ1) is 14.6. The Labute approximate surface area is 175 Å². The molecule has 4 rings (SSSR count). The average Bonchev–Trinajstić information content (AvgIpc) is 3.18. The number of rotatable bonds is 5. The number of fused-ring (bicyclic) bond motifs is 1. The van der Waals surface area contributed by atoms with Gasteiger partial charge in [0.15, 0.2) is 0 Å². The smallest absolute Gasteiger partial charge is 0.318 e. The molecule has 0 saturated carbocycles. The summed E-state index contributed by atoms with van der Waals surface area (Å²) < 4.78 is 21.9. The molecule has 1 unspecified atom stereocenters. The Bertz CT molecular complexity index is 1050. The van der Waals surface area contributed by atoms with Crippen LogP contribution in [0.4, 0.5) is 9.18 Å². The Balaban J connectivity index is 1.57. The van der Waals surface area contributed by atoms with E-state index in [1.54, 1.807) is 40.1 Å². The highest BCUT2D eigenvalue weighted by molar-refractivity contribution is 5.75. The van der Waals surface area contributed by atoms with E-state index >= 15 is 0 Å². The fraction of sp³-hybridized carbons (Fsp3) is 0.304. The zero-order chi connectivity index (χ0) is 21.1. The van der Waals surface area contributed by atoms with E-state index in [1.165, 1.54) is 11.6 Å². The first kappa shape index (κ1) is 19.9. The molecule has 6 nitrogen and oxygen atoms in total. The van der Waals surface area contributed by atoms with E-state index < -0.39 is 6.04 Å². The number of carbonyl (C=O) groups is 1. The second-order valence-corrected chi connectivity index (χ2v) is 7.34. The standard InChI is InChI=1S/C23H25FN4O2/c1-3-30-18-9-8-16-10-12-28(15-17(16)14-18)23(29)26-21(22-25-11-13-27(22)2)19-6-4-5-7-20(19)24/h4-9,11,13-14,21H,3,10,12,15H2,1-2H3,(H,26,29). The average molecular weight is 408 g/mol. The van der Waals surface area contributed by atoms with Crippen molar-refractivity contribution < 1.29 is 13.9 Å². The van der Waals surface area contributed by atoms with Crippen LogP contribution in [0.3, 0.4) is 0 Å². The van der Waals surface area contributed by atoms with Gasteiger partial charge in [-0.25, -0.2) is 14.2 Å². The Hall–Kier alpha value is -3.35. The molecule has 0 bridgehead atoms. The summed E-state index contributed by atoms with van der Waals surface area (Å²) in [5.74, 6) is 0.997. The van der Waals surface area contributed by atoms with Crippen LogP contribution in [0.2, 0.25) is 0 Å². The number of nitrogens with zero attached hydrogens (tertiary/aromatic N) is 3. The van der Waals surface area contributed by atoms with Crippen molar-refractivity contribution in [1.82, 2.24) is 19.8 Å². The SMILES string of the molecule is CCOc1ccc2c(c1)CN(C(=O)NC(c1ccccc1F)c1nccn1C)CC2. The lowest BCUT2D eigenvalue weighted by molar-refractivity contribution is 0.189. The van der Waals surface area contributed by atoms with Crippen molar-refractivity contribution in [3.8, 4) is 5.75 Å². The molecule has 2 heterocycles.